The molecule has 28 heavy (non-hydrogen) atoms. The Morgan fingerprint density at radius 2 is 1.82 bits per heavy atom. The SMILES string of the molecule is CCC(C(=O)NCC(C)C)n1c(Cc2ccccc2)nc2cc(Cl)c(Cl)cc21. The predicted octanol–water partition coefficient (Wildman–Crippen LogP) is 5.66. The van der Waals surface area contributed by atoms with Crippen molar-refractivity contribution in [3.8, 4) is 0 Å². The van der Waals surface area contributed by atoms with Gasteiger partial charge in [-0.05, 0) is 30.0 Å². The van der Waals surface area contributed by atoms with Crippen LogP contribution < -0.4 is 5.32 Å². The van der Waals surface area contributed by atoms with E-state index in [1.807, 2.05) is 29.7 Å². The van der Waals surface area contributed by atoms with Crippen molar-refractivity contribution in [3.63, 3.8) is 0 Å². The van der Waals surface area contributed by atoms with Crippen molar-refractivity contribution >= 4 is 40.1 Å². The van der Waals surface area contributed by atoms with Gasteiger partial charge in [-0.1, -0.05) is 74.3 Å². The molecular formula is C22H25Cl2N3O. The number of carbonyl (C=O) groups excluding carboxylic acids is 1. The summed E-state index contributed by atoms with van der Waals surface area (Å²) in [5.41, 5.74) is 2.70. The highest BCUT2D eigenvalue weighted by Crippen LogP contribution is 2.31. The van der Waals surface area contributed by atoms with Gasteiger partial charge in [-0.3, -0.25) is 4.79 Å². The first-order chi connectivity index (χ1) is 13.4. The maximum atomic E-state index is 13.0. The monoisotopic (exact) mass is 417 g/mol. The number of halogens is 2. The topological polar surface area (TPSA) is 46.9 Å². The van der Waals surface area contributed by atoms with Crippen molar-refractivity contribution < 1.29 is 4.79 Å². The Morgan fingerprint density at radius 3 is 2.46 bits per heavy atom. The first-order valence-corrected chi connectivity index (χ1v) is 10.3. The zero-order chi connectivity index (χ0) is 20.3. The fourth-order valence-electron chi connectivity index (χ4n) is 3.30. The summed E-state index contributed by atoms with van der Waals surface area (Å²) in [5, 5.41) is 3.97. The lowest BCUT2D eigenvalue weighted by Crippen LogP contribution is -2.35. The molecule has 6 heteroatoms. The third-order valence-corrected chi connectivity index (χ3v) is 5.42. The summed E-state index contributed by atoms with van der Waals surface area (Å²) in [6, 6.07) is 13.3. The fourth-order valence-corrected chi connectivity index (χ4v) is 3.61. The lowest BCUT2D eigenvalue weighted by atomic mass is 10.1. The highest BCUT2D eigenvalue weighted by molar-refractivity contribution is 6.42. The molecule has 1 N–H and O–H groups in total. The van der Waals surface area contributed by atoms with Gasteiger partial charge in [0.05, 0.1) is 21.1 Å². The second kappa shape index (κ2) is 8.97. The largest absolute Gasteiger partial charge is 0.354 e. The average molecular weight is 418 g/mol. The quantitative estimate of drug-likeness (QED) is 0.539. The van der Waals surface area contributed by atoms with Crippen LogP contribution in [0.3, 0.4) is 0 Å². The number of nitrogens with one attached hydrogen (secondary N) is 1. The van der Waals surface area contributed by atoms with Crippen molar-refractivity contribution in [1.29, 1.82) is 0 Å². The fraction of sp³-hybridized carbons (Fsp3) is 0.364. The molecule has 0 saturated heterocycles. The molecule has 0 spiro atoms. The number of hydrogen-bond acceptors (Lipinski definition) is 2. The standard InChI is InChI=1S/C22H25Cl2N3O/c1-4-19(22(28)25-13-14(2)3)27-20-12-17(24)16(23)11-18(20)26-21(27)10-15-8-6-5-7-9-15/h5-9,11-12,14,19H,4,10,13H2,1-3H3,(H,25,28). The van der Waals surface area contributed by atoms with Gasteiger partial charge in [0.25, 0.3) is 0 Å². The Morgan fingerprint density at radius 1 is 1.14 bits per heavy atom. The van der Waals surface area contributed by atoms with Gasteiger partial charge in [0, 0.05) is 13.0 Å². The minimum Gasteiger partial charge on any atom is -0.354 e. The minimum absolute atomic E-state index is 0.00381. The predicted molar refractivity (Wildman–Crippen MR) is 116 cm³/mol. The van der Waals surface area contributed by atoms with Gasteiger partial charge >= 0.3 is 0 Å². The molecule has 0 aliphatic heterocycles. The molecule has 0 radical (unpaired) electrons. The van der Waals surface area contributed by atoms with Crippen LogP contribution in [0.5, 0.6) is 0 Å². The van der Waals surface area contributed by atoms with Crippen LogP contribution in [0.25, 0.3) is 11.0 Å². The molecule has 0 fully saturated rings. The minimum atomic E-state index is -0.361. The van der Waals surface area contributed by atoms with E-state index < -0.39 is 0 Å². The number of amides is 1. The van der Waals surface area contributed by atoms with Crippen molar-refractivity contribution in [2.75, 3.05) is 6.54 Å². The highest BCUT2D eigenvalue weighted by atomic mass is 35.5. The summed E-state index contributed by atoms with van der Waals surface area (Å²) in [5.74, 6) is 1.21. The van der Waals surface area contributed by atoms with Crippen LogP contribution in [0.4, 0.5) is 0 Å². The number of fused-ring (bicyclic) bond motifs is 1. The zero-order valence-corrected chi connectivity index (χ0v) is 17.9. The molecule has 1 unspecified atom stereocenters. The summed E-state index contributed by atoms with van der Waals surface area (Å²) in [7, 11) is 0. The number of rotatable bonds is 7. The molecule has 0 saturated carbocycles. The molecule has 0 aliphatic rings. The average Bonchev–Trinajstić information content (AvgIpc) is 2.99. The molecule has 2 aromatic carbocycles. The first kappa shape index (κ1) is 20.7. The molecule has 0 aliphatic carbocycles. The maximum Gasteiger partial charge on any atom is 0.243 e. The third kappa shape index (κ3) is 4.50. The van der Waals surface area contributed by atoms with E-state index in [1.165, 1.54) is 0 Å². The molecule has 4 nitrogen and oxygen atoms in total. The summed E-state index contributed by atoms with van der Waals surface area (Å²) in [6.07, 6.45) is 1.27. The van der Waals surface area contributed by atoms with Crippen molar-refractivity contribution in [2.24, 2.45) is 5.92 Å². The molecule has 3 aromatic rings. The molecule has 1 aromatic heterocycles. The molecule has 148 valence electrons. The van der Waals surface area contributed by atoms with Crippen LogP contribution in [-0.2, 0) is 11.2 Å². The van der Waals surface area contributed by atoms with Gasteiger partial charge in [-0.2, -0.15) is 0 Å². The van der Waals surface area contributed by atoms with Crippen molar-refractivity contribution in [2.45, 2.75) is 39.7 Å². The third-order valence-electron chi connectivity index (χ3n) is 4.70. The summed E-state index contributed by atoms with van der Waals surface area (Å²) >= 11 is 12.5. The van der Waals surface area contributed by atoms with E-state index in [-0.39, 0.29) is 11.9 Å². The van der Waals surface area contributed by atoms with Gasteiger partial charge in [0.15, 0.2) is 0 Å². The van der Waals surface area contributed by atoms with E-state index in [0.29, 0.717) is 35.3 Å². The van der Waals surface area contributed by atoms with E-state index >= 15 is 0 Å². The van der Waals surface area contributed by atoms with Crippen LogP contribution in [0.2, 0.25) is 10.0 Å². The van der Waals surface area contributed by atoms with Crippen molar-refractivity contribution in [1.82, 2.24) is 14.9 Å². The van der Waals surface area contributed by atoms with Crippen molar-refractivity contribution in [3.05, 3.63) is 63.9 Å². The second-order valence-corrected chi connectivity index (χ2v) is 8.19. The maximum absolute atomic E-state index is 13.0. The Labute approximate surface area is 175 Å². The van der Waals surface area contributed by atoms with Gasteiger partial charge in [0.1, 0.15) is 11.9 Å². The van der Waals surface area contributed by atoms with Crippen LogP contribution in [0.15, 0.2) is 42.5 Å². The first-order valence-electron chi connectivity index (χ1n) is 9.58. The van der Waals surface area contributed by atoms with Gasteiger partial charge < -0.3 is 9.88 Å². The summed E-state index contributed by atoms with van der Waals surface area (Å²) in [4.78, 5) is 17.8. The van der Waals surface area contributed by atoms with E-state index in [4.69, 9.17) is 28.2 Å². The molecule has 1 atom stereocenters. The van der Waals surface area contributed by atoms with Crippen LogP contribution >= 0.6 is 23.2 Å². The number of benzene rings is 2. The Kier molecular flexibility index (Phi) is 6.63. The molecule has 1 heterocycles. The summed E-state index contributed by atoms with van der Waals surface area (Å²) in [6.45, 7) is 6.81. The number of aromatic nitrogens is 2. The lowest BCUT2D eigenvalue weighted by Gasteiger charge is -2.21. The molecule has 1 amide bonds. The second-order valence-electron chi connectivity index (χ2n) is 7.38. The van der Waals surface area contributed by atoms with Gasteiger partial charge in [-0.25, -0.2) is 4.98 Å². The number of carbonyl (C=O) groups is 1. The zero-order valence-electron chi connectivity index (χ0n) is 16.4. The normalized spacial score (nSPS) is 12.5. The van der Waals surface area contributed by atoms with Crippen LogP contribution in [0.1, 0.15) is 44.6 Å². The number of hydrogen-bond donors (Lipinski definition) is 1. The van der Waals surface area contributed by atoms with Gasteiger partial charge in [-0.15, -0.1) is 0 Å². The molecule has 0 bridgehead atoms. The van der Waals surface area contributed by atoms with E-state index in [9.17, 15) is 4.79 Å². The van der Waals surface area contributed by atoms with E-state index in [0.717, 1.165) is 22.4 Å². The molecule has 3 rings (SSSR count). The Balaban J connectivity index is 2.09. The van der Waals surface area contributed by atoms with Crippen LogP contribution in [0, 0.1) is 5.92 Å². The van der Waals surface area contributed by atoms with Gasteiger partial charge in [0.2, 0.25) is 5.91 Å². The van der Waals surface area contributed by atoms with Crippen LogP contribution in [-0.4, -0.2) is 22.0 Å². The summed E-state index contributed by atoms with van der Waals surface area (Å²) < 4.78 is 2.01. The molecular weight excluding hydrogens is 393 g/mol. The van der Waals surface area contributed by atoms with E-state index in [1.54, 1.807) is 12.1 Å². The Bertz CT molecular complexity index is 967. The van der Waals surface area contributed by atoms with E-state index in [2.05, 4.69) is 31.3 Å². The smallest absolute Gasteiger partial charge is 0.243 e. The number of nitrogens with zero attached hydrogens (tertiary/aromatic N) is 2. The lowest BCUT2D eigenvalue weighted by molar-refractivity contribution is -0.124. The number of imidazole rings is 1. The highest BCUT2D eigenvalue weighted by Gasteiger charge is 2.25. The Hall–Kier alpha value is -2.04.